The Morgan fingerprint density at radius 3 is 2.34 bits per heavy atom. The fraction of sp³-hybridized carbons (Fsp3) is 0.381. The van der Waals surface area contributed by atoms with Gasteiger partial charge in [-0.2, -0.15) is 0 Å². The number of methoxy groups -OCH3 is 3. The quantitative estimate of drug-likeness (QED) is 0.519. The molecule has 1 heterocycles. The number of nitrogens with one attached hydrogen (secondary N) is 2. The molecule has 0 atom stereocenters. The van der Waals surface area contributed by atoms with Gasteiger partial charge in [-0.15, -0.1) is 0 Å². The number of fused-ring (bicyclic) bond motifs is 1. The molecule has 2 N–H and O–H groups in total. The molecule has 0 spiro atoms. The molecule has 0 bridgehead atoms. The molecule has 2 aromatic carbocycles. The van der Waals surface area contributed by atoms with E-state index in [4.69, 9.17) is 23.7 Å². The molecule has 3 rings (SSSR count). The van der Waals surface area contributed by atoms with Crippen LogP contribution in [-0.4, -0.2) is 47.7 Å². The first-order chi connectivity index (χ1) is 14.2. The topological polar surface area (TPSA) is 82.6 Å². The summed E-state index contributed by atoms with van der Waals surface area (Å²) in [5.41, 5.74) is 2.05. The predicted molar refractivity (Wildman–Crippen MR) is 111 cm³/mol. The first-order valence-electron chi connectivity index (χ1n) is 9.30. The minimum atomic E-state index is 0.284. The summed E-state index contributed by atoms with van der Waals surface area (Å²) in [7, 11) is 6.59. The molecule has 0 saturated heterocycles. The van der Waals surface area contributed by atoms with Gasteiger partial charge in [-0.25, -0.2) is 0 Å². The lowest BCUT2D eigenvalue weighted by atomic mass is 10.1. The minimum absolute atomic E-state index is 0.284. The molecule has 0 unspecified atom stereocenters. The average molecular weight is 401 g/mol. The van der Waals surface area contributed by atoms with Gasteiger partial charge in [0.25, 0.3) is 0 Å². The summed E-state index contributed by atoms with van der Waals surface area (Å²) in [6.45, 7) is 1.49. The van der Waals surface area contributed by atoms with E-state index in [1.54, 1.807) is 28.4 Å². The van der Waals surface area contributed by atoms with Gasteiger partial charge in [0.05, 0.1) is 33.4 Å². The third-order valence-corrected chi connectivity index (χ3v) is 4.62. The van der Waals surface area contributed by atoms with Crippen molar-refractivity contribution in [2.24, 2.45) is 4.99 Å². The van der Waals surface area contributed by atoms with Crippen LogP contribution >= 0.6 is 0 Å². The third kappa shape index (κ3) is 4.96. The highest BCUT2D eigenvalue weighted by atomic mass is 16.7. The van der Waals surface area contributed by atoms with Gasteiger partial charge in [0, 0.05) is 25.7 Å². The van der Waals surface area contributed by atoms with Crippen LogP contribution in [0.3, 0.4) is 0 Å². The maximum absolute atomic E-state index is 5.49. The summed E-state index contributed by atoms with van der Waals surface area (Å²) >= 11 is 0. The van der Waals surface area contributed by atoms with Gasteiger partial charge in [-0.3, -0.25) is 4.99 Å². The summed E-state index contributed by atoms with van der Waals surface area (Å²) in [5, 5.41) is 6.61. The highest BCUT2D eigenvalue weighted by molar-refractivity contribution is 5.79. The number of benzene rings is 2. The number of nitrogens with zero attached hydrogens (tertiary/aromatic N) is 1. The standard InChI is InChI=1S/C21H27N3O5/c1-22-21(23-8-7-14-5-6-17-20(9-14)29-13-28-17)24-12-16-18(26-3)10-15(25-2)11-19(16)27-4/h5-6,9-11H,7-8,12-13H2,1-4H3,(H2,22,23,24). The average Bonchev–Trinajstić information content (AvgIpc) is 3.23. The smallest absolute Gasteiger partial charge is 0.231 e. The molecular weight excluding hydrogens is 374 g/mol. The molecule has 0 aliphatic carbocycles. The highest BCUT2D eigenvalue weighted by Gasteiger charge is 2.15. The van der Waals surface area contributed by atoms with Gasteiger partial charge in [0.1, 0.15) is 17.2 Å². The van der Waals surface area contributed by atoms with Crippen molar-refractivity contribution in [2.75, 3.05) is 41.7 Å². The molecule has 1 aliphatic rings. The number of rotatable bonds is 8. The van der Waals surface area contributed by atoms with Crippen LogP contribution in [0.5, 0.6) is 28.7 Å². The van der Waals surface area contributed by atoms with Crippen molar-refractivity contribution < 1.29 is 23.7 Å². The Bertz CT molecular complexity index is 844. The Kier molecular flexibility index (Phi) is 6.89. The van der Waals surface area contributed by atoms with E-state index in [0.29, 0.717) is 29.8 Å². The van der Waals surface area contributed by atoms with Gasteiger partial charge < -0.3 is 34.3 Å². The minimum Gasteiger partial charge on any atom is -0.496 e. The Labute approximate surface area is 170 Å². The molecule has 156 valence electrons. The monoisotopic (exact) mass is 401 g/mol. The Morgan fingerprint density at radius 1 is 0.966 bits per heavy atom. The lowest BCUT2D eigenvalue weighted by molar-refractivity contribution is 0.174. The first kappa shape index (κ1) is 20.4. The number of aliphatic imine (C=N–C) groups is 1. The van der Waals surface area contributed by atoms with Crippen molar-refractivity contribution in [3.05, 3.63) is 41.5 Å². The van der Waals surface area contributed by atoms with E-state index < -0.39 is 0 Å². The van der Waals surface area contributed by atoms with Crippen LogP contribution in [0.2, 0.25) is 0 Å². The summed E-state index contributed by atoms with van der Waals surface area (Å²) in [6.07, 6.45) is 0.826. The van der Waals surface area contributed by atoms with E-state index >= 15 is 0 Å². The maximum atomic E-state index is 5.49. The molecule has 0 fully saturated rings. The number of hydrogen-bond acceptors (Lipinski definition) is 6. The second-order valence-electron chi connectivity index (χ2n) is 6.30. The summed E-state index contributed by atoms with van der Waals surface area (Å²) in [5.74, 6) is 4.32. The first-order valence-corrected chi connectivity index (χ1v) is 9.30. The Morgan fingerprint density at radius 2 is 1.69 bits per heavy atom. The van der Waals surface area contributed by atoms with Gasteiger partial charge in [-0.1, -0.05) is 6.07 Å². The second-order valence-corrected chi connectivity index (χ2v) is 6.30. The number of hydrogen-bond donors (Lipinski definition) is 2. The maximum Gasteiger partial charge on any atom is 0.231 e. The lowest BCUT2D eigenvalue weighted by Gasteiger charge is -2.17. The molecule has 1 aliphatic heterocycles. The zero-order valence-corrected chi connectivity index (χ0v) is 17.2. The van der Waals surface area contributed by atoms with Crippen molar-refractivity contribution in [1.82, 2.24) is 10.6 Å². The largest absolute Gasteiger partial charge is 0.496 e. The molecular formula is C21H27N3O5. The zero-order chi connectivity index (χ0) is 20.6. The highest BCUT2D eigenvalue weighted by Crippen LogP contribution is 2.34. The molecule has 8 nitrogen and oxygen atoms in total. The molecule has 0 aromatic heterocycles. The normalized spacial score (nSPS) is 12.5. The van der Waals surface area contributed by atoms with Crippen molar-refractivity contribution in [2.45, 2.75) is 13.0 Å². The van der Waals surface area contributed by atoms with Crippen LogP contribution < -0.4 is 34.3 Å². The van der Waals surface area contributed by atoms with Crippen LogP contribution in [-0.2, 0) is 13.0 Å². The van der Waals surface area contributed by atoms with E-state index in [1.165, 1.54) is 0 Å². The van der Waals surface area contributed by atoms with Crippen molar-refractivity contribution in [3.8, 4) is 28.7 Å². The summed E-state index contributed by atoms with van der Waals surface area (Å²) in [6, 6.07) is 9.64. The van der Waals surface area contributed by atoms with E-state index in [1.807, 2.05) is 30.3 Å². The fourth-order valence-corrected chi connectivity index (χ4v) is 3.07. The summed E-state index contributed by atoms with van der Waals surface area (Å²) in [4.78, 5) is 4.28. The SMILES string of the molecule is CN=C(NCCc1ccc2c(c1)OCO2)NCc1c(OC)cc(OC)cc1OC. The zero-order valence-electron chi connectivity index (χ0n) is 17.2. The van der Waals surface area contributed by atoms with Crippen LogP contribution in [0.15, 0.2) is 35.3 Å². The van der Waals surface area contributed by atoms with Crippen molar-refractivity contribution in [3.63, 3.8) is 0 Å². The van der Waals surface area contributed by atoms with Crippen LogP contribution in [0.1, 0.15) is 11.1 Å². The van der Waals surface area contributed by atoms with E-state index in [0.717, 1.165) is 35.6 Å². The second kappa shape index (κ2) is 9.77. The van der Waals surface area contributed by atoms with Crippen LogP contribution in [0, 0.1) is 0 Å². The van der Waals surface area contributed by atoms with Gasteiger partial charge in [-0.05, 0) is 24.1 Å². The Balaban J connectivity index is 1.57. The van der Waals surface area contributed by atoms with Crippen molar-refractivity contribution >= 4 is 5.96 Å². The van der Waals surface area contributed by atoms with Crippen LogP contribution in [0.25, 0.3) is 0 Å². The van der Waals surface area contributed by atoms with Crippen LogP contribution in [0.4, 0.5) is 0 Å². The lowest BCUT2D eigenvalue weighted by Crippen LogP contribution is -2.38. The molecule has 0 amide bonds. The molecule has 29 heavy (non-hydrogen) atoms. The Hall–Kier alpha value is -3.29. The molecule has 2 aromatic rings. The summed E-state index contributed by atoms with van der Waals surface area (Å²) < 4.78 is 27.0. The van der Waals surface area contributed by atoms with E-state index in [-0.39, 0.29) is 6.79 Å². The fourth-order valence-electron chi connectivity index (χ4n) is 3.07. The molecule has 8 heteroatoms. The molecule has 0 radical (unpaired) electrons. The van der Waals surface area contributed by atoms with E-state index in [2.05, 4.69) is 15.6 Å². The van der Waals surface area contributed by atoms with Gasteiger partial charge >= 0.3 is 0 Å². The van der Waals surface area contributed by atoms with E-state index in [9.17, 15) is 0 Å². The molecule has 0 saturated carbocycles. The third-order valence-electron chi connectivity index (χ3n) is 4.62. The number of ether oxygens (including phenoxy) is 5. The van der Waals surface area contributed by atoms with Gasteiger partial charge in [0.2, 0.25) is 6.79 Å². The predicted octanol–water partition coefficient (Wildman–Crippen LogP) is 2.35. The number of guanidine groups is 1. The van der Waals surface area contributed by atoms with Gasteiger partial charge in [0.15, 0.2) is 17.5 Å². The van der Waals surface area contributed by atoms with Crippen molar-refractivity contribution in [1.29, 1.82) is 0 Å².